The molecule has 0 amide bonds. The molecule has 0 unspecified atom stereocenters. The van der Waals surface area contributed by atoms with Gasteiger partial charge in [0.25, 0.3) is 0 Å². The lowest BCUT2D eigenvalue weighted by Crippen LogP contribution is -2.22. The van der Waals surface area contributed by atoms with Gasteiger partial charge in [0.2, 0.25) is 0 Å². The van der Waals surface area contributed by atoms with Crippen molar-refractivity contribution in [2.75, 3.05) is 6.54 Å². The molecule has 15 heavy (non-hydrogen) atoms. The fourth-order valence-electron chi connectivity index (χ4n) is 1.52. The van der Waals surface area contributed by atoms with Gasteiger partial charge in [0.05, 0.1) is 5.60 Å². The van der Waals surface area contributed by atoms with Crippen LogP contribution in [0.2, 0.25) is 0 Å². The van der Waals surface area contributed by atoms with E-state index in [0.717, 1.165) is 11.1 Å². The number of aliphatic hydroxyl groups is 1. The predicted octanol–water partition coefficient (Wildman–Crippen LogP) is 1.97. The summed E-state index contributed by atoms with van der Waals surface area (Å²) in [4.78, 5) is 0. The maximum absolute atomic E-state index is 9.77. The number of hydrogen-bond donors (Lipinski definition) is 2. The van der Waals surface area contributed by atoms with E-state index >= 15 is 0 Å². The Hall–Kier alpha value is -1.12. The molecule has 3 N–H and O–H groups in total. The summed E-state index contributed by atoms with van der Waals surface area (Å²) in [6.07, 6.45) is 4.57. The Morgan fingerprint density at radius 3 is 2.60 bits per heavy atom. The molecular weight excluding hydrogens is 186 g/mol. The zero-order valence-corrected chi connectivity index (χ0v) is 9.40. The minimum Gasteiger partial charge on any atom is -0.390 e. The van der Waals surface area contributed by atoms with E-state index in [0.29, 0.717) is 13.0 Å². The van der Waals surface area contributed by atoms with E-state index in [2.05, 4.69) is 0 Å². The summed E-state index contributed by atoms with van der Waals surface area (Å²) in [5, 5.41) is 9.77. The van der Waals surface area contributed by atoms with Gasteiger partial charge in [-0.2, -0.15) is 0 Å². The van der Waals surface area contributed by atoms with Crippen LogP contribution in [0.15, 0.2) is 30.3 Å². The largest absolute Gasteiger partial charge is 0.390 e. The van der Waals surface area contributed by atoms with Crippen LogP contribution in [0.1, 0.15) is 25.0 Å². The van der Waals surface area contributed by atoms with Crippen molar-refractivity contribution in [3.8, 4) is 0 Å². The maximum atomic E-state index is 9.77. The molecule has 0 radical (unpaired) electrons. The molecular formula is C13H19NO. The van der Waals surface area contributed by atoms with Crippen molar-refractivity contribution < 1.29 is 5.11 Å². The summed E-state index contributed by atoms with van der Waals surface area (Å²) in [6, 6.07) is 8.05. The molecule has 0 bridgehead atoms. The van der Waals surface area contributed by atoms with Crippen molar-refractivity contribution in [3.05, 3.63) is 41.5 Å². The van der Waals surface area contributed by atoms with Crippen LogP contribution in [0.4, 0.5) is 0 Å². The summed E-state index contributed by atoms with van der Waals surface area (Å²) in [6.45, 7) is 4.17. The third kappa shape index (κ3) is 4.28. The predicted molar refractivity (Wildman–Crippen MR) is 64.5 cm³/mol. The lowest BCUT2D eigenvalue weighted by molar-refractivity contribution is 0.0809. The number of benzene rings is 1. The SMILES string of the molecule is CC(C)(O)Cc1ccccc1/C=C/CN. The third-order valence-corrected chi connectivity index (χ3v) is 2.11. The van der Waals surface area contributed by atoms with Crippen molar-refractivity contribution in [3.63, 3.8) is 0 Å². The molecule has 1 aromatic carbocycles. The first-order valence-electron chi connectivity index (χ1n) is 5.20. The summed E-state index contributed by atoms with van der Waals surface area (Å²) < 4.78 is 0. The van der Waals surface area contributed by atoms with Crippen molar-refractivity contribution >= 4 is 6.08 Å². The van der Waals surface area contributed by atoms with Crippen LogP contribution in [-0.4, -0.2) is 17.3 Å². The Kier molecular flexibility index (Phi) is 4.06. The van der Waals surface area contributed by atoms with Gasteiger partial charge in [0.1, 0.15) is 0 Å². The minimum absolute atomic E-state index is 0.539. The van der Waals surface area contributed by atoms with E-state index < -0.39 is 5.60 Å². The highest BCUT2D eigenvalue weighted by Crippen LogP contribution is 2.17. The molecule has 0 aliphatic rings. The van der Waals surface area contributed by atoms with Gasteiger partial charge in [0, 0.05) is 13.0 Å². The summed E-state index contributed by atoms with van der Waals surface area (Å²) >= 11 is 0. The van der Waals surface area contributed by atoms with Gasteiger partial charge >= 0.3 is 0 Å². The van der Waals surface area contributed by atoms with Crippen molar-refractivity contribution in [2.24, 2.45) is 5.73 Å². The van der Waals surface area contributed by atoms with E-state index in [1.54, 1.807) is 0 Å². The minimum atomic E-state index is -0.674. The fourth-order valence-corrected chi connectivity index (χ4v) is 1.52. The second-order valence-corrected chi connectivity index (χ2v) is 4.33. The second kappa shape index (κ2) is 5.10. The van der Waals surface area contributed by atoms with Crippen LogP contribution in [0.5, 0.6) is 0 Å². The van der Waals surface area contributed by atoms with Gasteiger partial charge in [-0.3, -0.25) is 0 Å². The highest BCUT2D eigenvalue weighted by Gasteiger charge is 2.14. The van der Waals surface area contributed by atoms with E-state index in [1.807, 2.05) is 50.3 Å². The molecule has 0 aromatic heterocycles. The van der Waals surface area contributed by atoms with Crippen LogP contribution < -0.4 is 5.73 Å². The van der Waals surface area contributed by atoms with Crippen LogP contribution in [-0.2, 0) is 6.42 Å². The Morgan fingerprint density at radius 2 is 2.00 bits per heavy atom. The van der Waals surface area contributed by atoms with Gasteiger partial charge in [-0.15, -0.1) is 0 Å². The molecule has 0 heterocycles. The molecule has 0 saturated heterocycles. The van der Waals surface area contributed by atoms with Gasteiger partial charge in [0.15, 0.2) is 0 Å². The van der Waals surface area contributed by atoms with E-state index in [9.17, 15) is 5.11 Å². The van der Waals surface area contributed by atoms with Crippen LogP contribution >= 0.6 is 0 Å². The lowest BCUT2D eigenvalue weighted by Gasteiger charge is -2.18. The number of hydrogen-bond acceptors (Lipinski definition) is 2. The summed E-state index contributed by atoms with van der Waals surface area (Å²) in [7, 11) is 0. The Balaban J connectivity index is 2.91. The first-order chi connectivity index (χ1) is 7.03. The normalized spacial score (nSPS) is 12.3. The fraction of sp³-hybridized carbons (Fsp3) is 0.385. The van der Waals surface area contributed by atoms with Gasteiger partial charge in [-0.05, 0) is 25.0 Å². The maximum Gasteiger partial charge on any atom is 0.0632 e. The quantitative estimate of drug-likeness (QED) is 0.789. The Labute approximate surface area is 91.4 Å². The number of rotatable bonds is 4. The third-order valence-electron chi connectivity index (χ3n) is 2.11. The lowest BCUT2D eigenvalue weighted by atomic mass is 9.95. The van der Waals surface area contributed by atoms with Gasteiger partial charge in [-0.1, -0.05) is 36.4 Å². The van der Waals surface area contributed by atoms with Gasteiger partial charge < -0.3 is 10.8 Å². The molecule has 2 nitrogen and oxygen atoms in total. The van der Waals surface area contributed by atoms with E-state index in [-0.39, 0.29) is 0 Å². The van der Waals surface area contributed by atoms with Crippen LogP contribution in [0, 0.1) is 0 Å². The highest BCUT2D eigenvalue weighted by atomic mass is 16.3. The monoisotopic (exact) mass is 205 g/mol. The van der Waals surface area contributed by atoms with Crippen LogP contribution in [0.3, 0.4) is 0 Å². The topological polar surface area (TPSA) is 46.2 Å². The van der Waals surface area contributed by atoms with Crippen molar-refractivity contribution in [1.82, 2.24) is 0 Å². The zero-order valence-electron chi connectivity index (χ0n) is 9.40. The Morgan fingerprint density at radius 1 is 1.33 bits per heavy atom. The summed E-state index contributed by atoms with van der Waals surface area (Å²) in [5.41, 5.74) is 7.02. The molecule has 1 aromatic rings. The van der Waals surface area contributed by atoms with Gasteiger partial charge in [-0.25, -0.2) is 0 Å². The smallest absolute Gasteiger partial charge is 0.0632 e. The molecule has 2 heteroatoms. The average molecular weight is 205 g/mol. The molecule has 1 rings (SSSR count). The first-order valence-corrected chi connectivity index (χ1v) is 5.20. The molecule has 82 valence electrons. The first kappa shape index (κ1) is 12.0. The molecule has 0 atom stereocenters. The average Bonchev–Trinajstić information content (AvgIpc) is 2.14. The standard InChI is InChI=1S/C13H19NO/c1-13(2,15)10-12-7-4-3-6-11(12)8-5-9-14/h3-8,15H,9-10,14H2,1-2H3/b8-5+. The molecule has 0 aliphatic carbocycles. The Bertz CT molecular complexity index is 337. The molecule has 0 fully saturated rings. The molecule has 0 spiro atoms. The summed E-state index contributed by atoms with van der Waals surface area (Å²) in [5.74, 6) is 0. The second-order valence-electron chi connectivity index (χ2n) is 4.33. The molecule has 0 aliphatic heterocycles. The van der Waals surface area contributed by atoms with Crippen molar-refractivity contribution in [1.29, 1.82) is 0 Å². The highest BCUT2D eigenvalue weighted by molar-refractivity contribution is 5.54. The van der Waals surface area contributed by atoms with Crippen LogP contribution in [0.25, 0.3) is 6.08 Å². The van der Waals surface area contributed by atoms with E-state index in [4.69, 9.17) is 5.73 Å². The molecule has 0 saturated carbocycles. The number of nitrogens with two attached hydrogens (primary N) is 1. The zero-order chi connectivity index (χ0) is 11.3. The van der Waals surface area contributed by atoms with E-state index in [1.165, 1.54) is 0 Å². The van der Waals surface area contributed by atoms with Crippen molar-refractivity contribution in [2.45, 2.75) is 25.9 Å².